The molecule has 0 radical (unpaired) electrons. The molecule has 6 heteroatoms. The standard InChI is InChI=1S/C10H13NO5/c1-10(11,9(15)16)8(14)5-2-3-6(12)7(13)4-5/h2-4,8,12-14H,11H2,1H3,(H,15,16)/t8?,10-/m0/s1. The number of aliphatic hydroxyl groups is 1. The fourth-order valence-corrected chi connectivity index (χ4v) is 1.17. The van der Waals surface area contributed by atoms with Gasteiger partial charge in [0.15, 0.2) is 11.5 Å². The van der Waals surface area contributed by atoms with Crippen LogP contribution in [0.5, 0.6) is 11.5 Å². The fourth-order valence-electron chi connectivity index (χ4n) is 1.17. The molecule has 0 aliphatic rings. The van der Waals surface area contributed by atoms with E-state index in [0.29, 0.717) is 0 Å². The maximum atomic E-state index is 10.8. The van der Waals surface area contributed by atoms with Crippen LogP contribution in [0.3, 0.4) is 0 Å². The van der Waals surface area contributed by atoms with Crippen LogP contribution in [0.25, 0.3) is 0 Å². The Kier molecular flexibility index (Phi) is 3.06. The van der Waals surface area contributed by atoms with Crippen LogP contribution in [0.15, 0.2) is 18.2 Å². The van der Waals surface area contributed by atoms with Crippen LogP contribution in [0, 0.1) is 0 Å². The van der Waals surface area contributed by atoms with Crippen molar-refractivity contribution in [1.29, 1.82) is 0 Å². The summed E-state index contributed by atoms with van der Waals surface area (Å²) in [4.78, 5) is 10.8. The number of carbonyl (C=O) groups is 1. The average molecular weight is 227 g/mol. The molecule has 1 aromatic carbocycles. The van der Waals surface area contributed by atoms with Gasteiger partial charge in [0.1, 0.15) is 11.6 Å². The number of phenols is 2. The van der Waals surface area contributed by atoms with E-state index in [9.17, 15) is 15.0 Å². The molecule has 1 aromatic rings. The molecule has 0 aliphatic heterocycles. The van der Waals surface area contributed by atoms with E-state index in [2.05, 4.69) is 0 Å². The Balaban J connectivity index is 3.10. The lowest BCUT2D eigenvalue weighted by molar-refractivity contribution is -0.147. The number of carboxylic acids is 1. The third-order valence-corrected chi connectivity index (χ3v) is 2.34. The van der Waals surface area contributed by atoms with Crippen molar-refractivity contribution in [2.75, 3.05) is 0 Å². The second kappa shape index (κ2) is 3.99. The van der Waals surface area contributed by atoms with Gasteiger partial charge in [0.05, 0.1) is 0 Å². The Morgan fingerprint density at radius 1 is 1.38 bits per heavy atom. The quantitative estimate of drug-likeness (QED) is 0.460. The zero-order valence-corrected chi connectivity index (χ0v) is 8.58. The number of aliphatic carboxylic acids is 1. The maximum Gasteiger partial charge on any atom is 0.326 e. The van der Waals surface area contributed by atoms with Crippen molar-refractivity contribution in [3.05, 3.63) is 23.8 Å². The van der Waals surface area contributed by atoms with Gasteiger partial charge in [0.25, 0.3) is 0 Å². The maximum absolute atomic E-state index is 10.8. The highest BCUT2D eigenvalue weighted by Gasteiger charge is 2.37. The highest BCUT2D eigenvalue weighted by molar-refractivity contribution is 5.79. The summed E-state index contributed by atoms with van der Waals surface area (Å²) in [6, 6.07) is 3.49. The lowest BCUT2D eigenvalue weighted by Crippen LogP contribution is -2.50. The third-order valence-electron chi connectivity index (χ3n) is 2.34. The first-order valence-corrected chi connectivity index (χ1v) is 4.49. The predicted molar refractivity (Wildman–Crippen MR) is 55.0 cm³/mol. The van der Waals surface area contributed by atoms with Crippen molar-refractivity contribution >= 4 is 5.97 Å². The molecule has 6 nitrogen and oxygen atoms in total. The molecule has 88 valence electrons. The van der Waals surface area contributed by atoms with Gasteiger partial charge >= 0.3 is 5.97 Å². The van der Waals surface area contributed by atoms with E-state index in [1.807, 2.05) is 0 Å². The summed E-state index contributed by atoms with van der Waals surface area (Å²) in [5.41, 5.74) is 3.67. The SMILES string of the molecule is C[C@@](N)(C(=O)O)C(O)c1ccc(O)c(O)c1. The van der Waals surface area contributed by atoms with Crippen molar-refractivity contribution in [3.8, 4) is 11.5 Å². The lowest BCUT2D eigenvalue weighted by Gasteiger charge is -2.26. The molecule has 0 fully saturated rings. The Bertz CT molecular complexity index is 416. The summed E-state index contributed by atoms with van der Waals surface area (Å²) in [6.07, 6.45) is -1.49. The van der Waals surface area contributed by atoms with Gasteiger partial charge in [0, 0.05) is 0 Å². The summed E-state index contributed by atoms with van der Waals surface area (Å²) in [5, 5.41) is 36.8. The highest BCUT2D eigenvalue weighted by atomic mass is 16.4. The van der Waals surface area contributed by atoms with Gasteiger partial charge < -0.3 is 26.2 Å². The monoisotopic (exact) mass is 227 g/mol. The van der Waals surface area contributed by atoms with E-state index in [0.717, 1.165) is 19.1 Å². The number of aromatic hydroxyl groups is 2. The molecule has 0 spiro atoms. The fraction of sp³-hybridized carbons (Fsp3) is 0.300. The van der Waals surface area contributed by atoms with Crippen molar-refractivity contribution < 1.29 is 25.2 Å². The van der Waals surface area contributed by atoms with E-state index >= 15 is 0 Å². The Morgan fingerprint density at radius 3 is 2.38 bits per heavy atom. The van der Waals surface area contributed by atoms with Crippen LogP contribution in [-0.4, -0.2) is 31.9 Å². The first-order chi connectivity index (χ1) is 7.26. The minimum atomic E-state index is -1.87. The largest absolute Gasteiger partial charge is 0.504 e. The average Bonchev–Trinajstić information content (AvgIpc) is 2.20. The number of aliphatic hydroxyl groups excluding tert-OH is 1. The molecule has 0 amide bonds. The zero-order valence-electron chi connectivity index (χ0n) is 8.58. The lowest BCUT2D eigenvalue weighted by atomic mass is 9.90. The van der Waals surface area contributed by atoms with E-state index in [1.54, 1.807) is 0 Å². The molecule has 16 heavy (non-hydrogen) atoms. The molecule has 0 saturated carbocycles. The molecular formula is C10H13NO5. The predicted octanol–water partition coefficient (Wildman–Crippen LogP) is -0.0668. The van der Waals surface area contributed by atoms with Crippen molar-refractivity contribution in [2.24, 2.45) is 5.73 Å². The second-order valence-electron chi connectivity index (χ2n) is 3.74. The normalized spacial score (nSPS) is 16.4. The smallest absolute Gasteiger partial charge is 0.326 e. The molecule has 0 aromatic heterocycles. The van der Waals surface area contributed by atoms with Crippen LogP contribution in [0.1, 0.15) is 18.6 Å². The molecule has 0 bridgehead atoms. The van der Waals surface area contributed by atoms with Crippen LogP contribution in [0.2, 0.25) is 0 Å². The van der Waals surface area contributed by atoms with E-state index < -0.39 is 23.4 Å². The summed E-state index contributed by atoms with van der Waals surface area (Å²) in [7, 11) is 0. The van der Waals surface area contributed by atoms with Gasteiger partial charge in [-0.05, 0) is 24.6 Å². The molecule has 1 rings (SSSR count). The van der Waals surface area contributed by atoms with Gasteiger partial charge in [0.2, 0.25) is 0 Å². The van der Waals surface area contributed by atoms with Gasteiger partial charge in [-0.15, -0.1) is 0 Å². The molecule has 0 heterocycles. The highest BCUT2D eigenvalue weighted by Crippen LogP contribution is 2.31. The van der Waals surface area contributed by atoms with Gasteiger partial charge in [-0.2, -0.15) is 0 Å². The van der Waals surface area contributed by atoms with E-state index in [1.165, 1.54) is 6.07 Å². The van der Waals surface area contributed by atoms with E-state index in [4.69, 9.17) is 15.9 Å². The number of carboxylic acid groups (broad SMARTS) is 1. The molecule has 0 saturated heterocycles. The molecule has 1 unspecified atom stereocenters. The van der Waals surface area contributed by atoms with Gasteiger partial charge in [-0.25, -0.2) is 0 Å². The van der Waals surface area contributed by atoms with E-state index in [-0.39, 0.29) is 11.3 Å². The van der Waals surface area contributed by atoms with Crippen LogP contribution in [-0.2, 0) is 4.79 Å². The van der Waals surface area contributed by atoms with Crippen LogP contribution < -0.4 is 5.73 Å². The van der Waals surface area contributed by atoms with Crippen LogP contribution in [0.4, 0.5) is 0 Å². The Hall–Kier alpha value is -1.79. The summed E-state index contributed by atoms with van der Waals surface area (Å²) < 4.78 is 0. The minimum Gasteiger partial charge on any atom is -0.504 e. The van der Waals surface area contributed by atoms with Gasteiger partial charge in [-0.1, -0.05) is 6.07 Å². The summed E-state index contributed by atoms with van der Waals surface area (Å²) in [5.74, 6) is -2.17. The molecule has 2 atom stereocenters. The van der Waals surface area contributed by atoms with Crippen molar-refractivity contribution in [2.45, 2.75) is 18.6 Å². The van der Waals surface area contributed by atoms with Gasteiger partial charge in [-0.3, -0.25) is 4.79 Å². The number of benzene rings is 1. The first-order valence-electron chi connectivity index (χ1n) is 4.49. The van der Waals surface area contributed by atoms with Crippen LogP contribution >= 0.6 is 0 Å². The number of phenolic OH excluding ortho intramolecular Hbond substituents is 2. The Labute approximate surface area is 91.6 Å². The Morgan fingerprint density at radius 2 is 1.94 bits per heavy atom. The number of hydrogen-bond donors (Lipinski definition) is 5. The second-order valence-corrected chi connectivity index (χ2v) is 3.74. The zero-order chi connectivity index (χ0) is 12.5. The topological polar surface area (TPSA) is 124 Å². The molecule has 6 N–H and O–H groups in total. The minimum absolute atomic E-state index is 0.114. The molecule has 0 aliphatic carbocycles. The summed E-state index contributed by atoms with van der Waals surface area (Å²) >= 11 is 0. The number of hydrogen-bond acceptors (Lipinski definition) is 5. The number of rotatable bonds is 3. The van der Waals surface area contributed by atoms with Crippen molar-refractivity contribution in [1.82, 2.24) is 0 Å². The molecular weight excluding hydrogens is 214 g/mol. The van der Waals surface area contributed by atoms with Crippen molar-refractivity contribution in [3.63, 3.8) is 0 Å². The third kappa shape index (κ3) is 2.07. The summed E-state index contributed by atoms with van der Waals surface area (Å²) in [6.45, 7) is 1.16. The first kappa shape index (κ1) is 12.3. The number of nitrogens with two attached hydrogens (primary N) is 1.